The zero-order chi connectivity index (χ0) is 18.8. The first-order chi connectivity index (χ1) is 13.1. The van der Waals surface area contributed by atoms with E-state index in [0.29, 0.717) is 17.4 Å². The molecule has 27 heavy (non-hydrogen) atoms. The van der Waals surface area contributed by atoms with Crippen LogP contribution < -0.4 is 10.6 Å². The van der Waals surface area contributed by atoms with Crippen molar-refractivity contribution in [3.8, 4) is 0 Å². The summed E-state index contributed by atoms with van der Waals surface area (Å²) in [5.74, 6) is 0.728. The minimum Gasteiger partial charge on any atom is -0.324 e. The number of amides is 1. The number of hydrogen-bond donors (Lipinski definition) is 2. The van der Waals surface area contributed by atoms with Gasteiger partial charge in [0, 0.05) is 17.1 Å². The Hall–Kier alpha value is -3.12. The van der Waals surface area contributed by atoms with Crippen molar-refractivity contribution in [2.75, 3.05) is 10.6 Å². The van der Waals surface area contributed by atoms with Crippen LogP contribution in [-0.4, -0.2) is 20.7 Å². The van der Waals surface area contributed by atoms with Gasteiger partial charge in [-0.15, -0.1) is 5.10 Å². The third-order valence-corrected chi connectivity index (χ3v) is 4.59. The van der Waals surface area contributed by atoms with Crippen molar-refractivity contribution < 1.29 is 4.79 Å². The Morgan fingerprint density at radius 3 is 2.63 bits per heavy atom. The fourth-order valence-electron chi connectivity index (χ4n) is 2.94. The fraction of sp³-hybridized carbons (Fsp3) is 0.150. The van der Waals surface area contributed by atoms with Crippen molar-refractivity contribution in [1.29, 1.82) is 0 Å². The molecule has 0 spiro atoms. The number of aromatic nitrogens is 3. The van der Waals surface area contributed by atoms with E-state index in [2.05, 4.69) is 26.8 Å². The molecule has 0 aliphatic carbocycles. The fourth-order valence-corrected chi connectivity index (χ4v) is 3.07. The van der Waals surface area contributed by atoms with Gasteiger partial charge in [0.2, 0.25) is 11.9 Å². The summed E-state index contributed by atoms with van der Waals surface area (Å²) in [5.41, 5.74) is 3.00. The molecule has 0 radical (unpaired) electrons. The highest BCUT2D eigenvalue weighted by Crippen LogP contribution is 2.33. The van der Waals surface area contributed by atoms with E-state index in [1.54, 1.807) is 11.6 Å². The van der Waals surface area contributed by atoms with E-state index in [0.717, 1.165) is 16.8 Å². The molecular weight excluding hydrogens is 362 g/mol. The van der Waals surface area contributed by atoms with Gasteiger partial charge < -0.3 is 5.32 Å². The number of benzene rings is 2. The van der Waals surface area contributed by atoms with Crippen molar-refractivity contribution in [3.63, 3.8) is 0 Å². The van der Waals surface area contributed by atoms with Crippen LogP contribution >= 0.6 is 11.6 Å². The van der Waals surface area contributed by atoms with E-state index >= 15 is 0 Å². The lowest BCUT2D eigenvalue weighted by molar-refractivity contribution is -0.115. The van der Waals surface area contributed by atoms with E-state index in [1.165, 1.54) is 0 Å². The molecule has 7 heteroatoms. The third-order valence-electron chi connectivity index (χ3n) is 4.33. The highest BCUT2D eigenvalue weighted by atomic mass is 35.5. The summed E-state index contributed by atoms with van der Waals surface area (Å²) in [5, 5.41) is 11.2. The van der Waals surface area contributed by atoms with Crippen molar-refractivity contribution in [2.24, 2.45) is 0 Å². The first-order valence-corrected chi connectivity index (χ1v) is 9.08. The monoisotopic (exact) mass is 379 g/mol. The number of allylic oxidation sites excluding steroid dienone is 1. The van der Waals surface area contributed by atoms with Crippen molar-refractivity contribution in [2.45, 2.75) is 19.4 Å². The van der Waals surface area contributed by atoms with Crippen LogP contribution in [0.5, 0.6) is 0 Å². The van der Waals surface area contributed by atoms with Crippen molar-refractivity contribution in [3.05, 3.63) is 76.8 Å². The van der Waals surface area contributed by atoms with Gasteiger partial charge in [0.1, 0.15) is 6.04 Å². The van der Waals surface area contributed by atoms with Gasteiger partial charge in [0.15, 0.2) is 0 Å². The van der Waals surface area contributed by atoms with Crippen LogP contribution in [0.1, 0.15) is 30.5 Å². The largest absolute Gasteiger partial charge is 0.324 e. The summed E-state index contributed by atoms with van der Waals surface area (Å²) in [6.07, 6.45) is 2.46. The predicted molar refractivity (Wildman–Crippen MR) is 107 cm³/mol. The van der Waals surface area contributed by atoms with Crippen molar-refractivity contribution in [1.82, 2.24) is 14.8 Å². The zero-order valence-electron chi connectivity index (χ0n) is 14.7. The Morgan fingerprint density at radius 2 is 1.93 bits per heavy atom. The second-order valence-corrected chi connectivity index (χ2v) is 6.61. The summed E-state index contributed by atoms with van der Waals surface area (Å²) in [6.45, 7) is 1.79. The topological polar surface area (TPSA) is 71.8 Å². The molecule has 1 atom stereocenters. The molecule has 2 N–H and O–H groups in total. The normalized spacial score (nSPS) is 15.5. The molecule has 4 rings (SSSR count). The summed E-state index contributed by atoms with van der Waals surface area (Å²) in [6, 6.07) is 17.5. The Bertz CT molecular complexity index is 995. The Morgan fingerprint density at radius 1 is 1.19 bits per heavy atom. The van der Waals surface area contributed by atoms with Crippen LogP contribution in [0, 0.1) is 0 Å². The SMILES string of the molecule is CCC(=O)Nc1nc2n(n1)[C@@H](c1ccc(Cl)cc1)C=C(c1ccccc1)N2. The lowest BCUT2D eigenvalue weighted by Gasteiger charge is -2.24. The number of carbonyl (C=O) groups is 1. The lowest BCUT2D eigenvalue weighted by atomic mass is 10.0. The van der Waals surface area contributed by atoms with Crippen molar-refractivity contribution >= 4 is 35.1 Å². The van der Waals surface area contributed by atoms with Crippen LogP contribution in [0.15, 0.2) is 60.7 Å². The molecular formula is C20H18ClN5O. The minimum absolute atomic E-state index is 0.128. The average molecular weight is 380 g/mol. The van der Waals surface area contributed by atoms with Gasteiger partial charge in [-0.25, -0.2) is 4.68 Å². The van der Waals surface area contributed by atoms with Gasteiger partial charge in [-0.05, 0) is 29.3 Å². The maximum Gasteiger partial charge on any atom is 0.250 e. The van der Waals surface area contributed by atoms with Crippen LogP contribution in [0.3, 0.4) is 0 Å². The average Bonchev–Trinajstić information content (AvgIpc) is 3.10. The number of hydrogen-bond acceptors (Lipinski definition) is 4. The smallest absolute Gasteiger partial charge is 0.250 e. The number of fused-ring (bicyclic) bond motifs is 1. The Balaban J connectivity index is 1.77. The highest BCUT2D eigenvalue weighted by molar-refractivity contribution is 6.30. The summed E-state index contributed by atoms with van der Waals surface area (Å²) in [4.78, 5) is 16.2. The molecule has 2 aromatic carbocycles. The number of rotatable bonds is 4. The number of anilines is 2. The number of carbonyl (C=O) groups excluding carboxylic acids is 1. The van der Waals surface area contributed by atoms with Gasteiger partial charge >= 0.3 is 0 Å². The molecule has 1 aliphatic heterocycles. The number of nitrogens with one attached hydrogen (secondary N) is 2. The first-order valence-electron chi connectivity index (χ1n) is 8.70. The van der Waals surface area contributed by atoms with Crippen LogP contribution in [0.2, 0.25) is 5.02 Å². The molecule has 136 valence electrons. The zero-order valence-corrected chi connectivity index (χ0v) is 15.4. The molecule has 3 aromatic rings. The molecule has 2 heterocycles. The second-order valence-electron chi connectivity index (χ2n) is 6.17. The maximum absolute atomic E-state index is 11.7. The molecule has 1 aliphatic rings. The number of nitrogens with zero attached hydrogens (tertiary/aromatic N) is 3. The van der Waals surface area contributed by atoms with E-state index in [9.17, 15) is 4.79 Å². The number of halogens is 1. The standard InChI is InChI=1S/C20H18ClN5O/c1-2-18(27)23-19-24-20-22-16(13-6-4-3-5-7-13)12-17(26(20)25-19)14-8-10-15(21)11-9-14/h3-12,17H,2H2,1H3,(H2,22,23,24,25,27)/t17-/m1/s1. The summed E-state index contributed by atoms with van der Waals surface area (Å²) in [7, 11) is 0. The quantitative estimate of drug-likeness (QED) is 0.707. The van der Waals surface area contributed by atoms with Crippen LogP contribution in [0.25, 0.3) is 5.70 Å². The molecule has 0 fully saturated rings. The molecule has 0 saturated heterocycles. The van der Waals surface area contributed by atoms with Gasteiger partial charge in [-0.3, -0.25) is 10.1 Å². The molecule has 0 bridgehead atoms. The molecule has 1 aromatic heterocycles. The van der Waals surface area contributed by atoms with E-state index in [4.69, 9.17) is 11.6 Å². The second kappa shape index (κ2) is 7.25. The van der Waals surface area contributed by atoms with E-state index < -0.39 is 0 Å². The van der Waals surface area contributed by atoms with Crippen LogP contribution in [0.4, 0.5) is 11.9 Å². The Labute approximate surface area is 161 Å². The minimum atomic E-state index is -0.173. The highest BCUT2D eigenvalue weighted by Gasteiger charge is 2.25. The third kappa shape index (κ3) is 3.57. The molecule has 0 saturated carbocycles. The predicted octanol–water partition coefficient (Wildman–Crippen LogP) is 4.34. The molecule has 6 nitrogen and oxygen atoms in total. The molecule has 0 unspecified atom stereocenters. The molecule has 1 amide bonds. The summed E-state index contributed by atoms with van der Waals surface area (Å²) >= 11 is 6.04. The first kappa shape index (κ1) is 17.3. The summed E-state index contributed by atoms with van der Waals surface area (Å²) < 4.78 is 1.76. The maximum atomic E-state index is 11.7. The lowest BCUT2D eigenvalue weighted by Crippen LogP contribution is -2.20. The van der Waals surface area contributed by atoms with Crippen LogP contribution in [-0.2, 0) is 4.79 Å². The van der Waals surface area contributed by atoms with Gasteiger partial charge in [0.25, 0.3) is 5.95 Å². The van der Waals surface area contributed by atoms with E-state index in [-0.39, 0.29) is 17.9 Å². The van der Waals surface area contributed by atoms with Gasteiger partial charge in [0.05, 0.1) is 0 Å². The van der Waals surface area contributed by atoms with Gasteiger partial charge in [-0.2, -0.15) is 4.98 Å². The van der Waals surface area contributed by atoms with E-state index in [1.807, 2.05) is 54.6 Å². The Kier molecular flexibility index (Phi) is 4.64. The van der Waals surface area contributed by atoms with Gasteiger partial charge in [-0.1, -0.05) is 61.0 Å².